The van der Waals surface area contributed by atoms with Crippen molar-refractivity contribution in [1.29, 1.82) is 0 Å². The normalized spacial score (nSPS) is 10.6. The van der Waals surface area contributed by atoms with Crippen molar-refractivity contribution < 1.29 is 4.79 Å². The second kappa shape index (κ2) is 4.76. The van der Waals surface area contributed by atoms with Crippen LogP contribution in [0.1, 0.15) is 0 Å². The molecule has 0 fully saturated rings. The van der Waals surface area contributed by atoms with Crippen LogP contribution in [0, 0.1) is 0 Å². The lowest BCUT2D eigenvalue weighted by molar-refractivity contribution is -0.109. The molecule has 5 nitrogen and oxygen atoms in total. The highest BCUT2D eigenvalue weighted by atomic mass is 16.1. The molecule has 1 aromatic rings. The Morgan fingerprint density at radius 1 is 1.38 bits per heavy atom. The van der Waals surface area contributed by atoms with Crippen LogP contribution in [0.15, 0.2) is 35.4 Å². The fraction of sp³-hybridized carbons (Fsp3) is 0. The van der Waals surface area contributed by atoms with Crippen molar-refractivity contribution in [2.45, 2.75) is 0 Å². The SMILES string of the molecule is NC(=NNC=O)Nc1ccccc1. The number of hydrogen-bond donors (Lipinski definition) is 3. The predicted octanol–water partition coefficient (Wildman–Crippen LogP) is 0.0742. The molecular formula is C8H10N4O. The average molecular weight is 178 g/mol. The van der Waals surface area contributed by atoms with Crippen LogP contribution in [0.3, 0.4) is 0 Å². The molecule has 0 unspecified atom stereocenters. The molecular weight excluding hydrogens is 168 g/mol. The molecule has 1 amide bonds. The van der Waals surface area contributed by atoms with Crippen LogP contribution in [0.5, 0.6) is 0 Å². The largest absolute Gasteiger partial charge is 0.368 e. The zero-order chi connectivity index (χ0) is 9.52. The van der Waals surface area contributed by atoms with Gasteiger partial charge in [0, 0.05) is 5.69 Å². The van der Waals surface area contributed by atoms with E-state index in [4.69, 9.17) is 5.73 Å². The summed E-state index contributed by atoms with van der Waals surface area (Å²) in [7, 11) is 0. The summed E-state index contributed by atoms with van der Waals surface area (Å²) < 4.78 is 0. The number of carbonyl (C=O) groups is 1. The molecule has 0 atom stereocenters. The summed E-state index contributed by atoms with van der Waals surface area (Å²) in [5.41, 5.74) is 8.31. The number of benzene rings is 1. The lowest BCUT2D eigenvalue weighted by Crippen LogP contribution is -2.25. The first-order chi connectivity index (χ1) is 6.33. The topological polar surface area (TPSA) is 79.5 Å². The van der Waals surface area contributed by atoms with Gasteiger partial charge in [0.15, 0.2) is 0 Å². The van der Waals surface area contributed by atoms with E-state index in [9.17, 15) is 4.79 Å². The van der Waals surface area contributed by atoms with Crippen LogP contribution < -0.4 is 16.5 Å². The Morgan fingerprint density at radius 2 is 2.08 bits per heavy atom. The van der Waals surface area contributed by atoms with Crippen molar-refractivity contribution in [2.75, 3.05) is 5.32 Å². The Morgan fingerprint density at radius 3 is 2.69 bits per heavy atom. The van der Waals surface area contributed by atoms with Gasteiger partial charge < -0.3 is 11.1 Å². The monoisotopic (exact) mass is 178 g/mol. The molecule has 0 aromatic heterocycles. The van der Waals surface area contributed by atoms with Gasteiger partial charge in [-0.25, -0.2) is 5.43 Å². The van der Waals surface area contributed by atoms with Crippen molar-refractivity contribution in [2.24, 2.45) is 10.8 Å². The number of rotatable bonds is 3. The molecule has 5 heteroatoms. The number of guanidine groups is 1. The molecule has 1 aromatic carbocycles. The summed E-state index contributed by atoms with van der Waals surface area (Å²) >= 11 is 0. The van der Waals surface area contributed by atoms with Crippen molar-refractivity contribution in [3.8, 4) is 0 Å². The molecule has 1 rings (SSSR count). The lowest BCUT2D eigenvalue weighted by Gasteiger charge is -2.03. The molecule has 0 bridgehead atoms. The number of hydrazone groups is 1. The van der Waals surface area contributed by atoms with Gasteiger partial charge in [-0.1, -0.05) is 18.2 Å². The molecule has 0 aliphatic heterocycles. The second-order valence-corrected chi connectivity index (χ2v) is 2.24. The van der Waals surface area contributed by atoms with Crippen LogP contribution in [0.4, 0.5) is 5.69 Å². The maximum absolute atomic E-state index is 9.86. The van der Waals surface area contributed by atoms with Gasteiger partial charge in [-0.05, 0) is 12.1 Å². The van der Waals surface area contributed by atoms with Gasteiger partial charge >= 0.3 is 0 Å². The Kier molecular flexibility index (Phi) is 3.31. The fourth-order valence-corrected chi connectivity index (χ4v) is 0.793. The summed E-state index contributed by atoms with van der Waals surface area (Å²) in [5, 5.41) is 6.29. The summed E-state index contributed by atoms with van der Waals surface area (Å²) in [6, 6.07) is 9.29. The maximum atomic E-state index is 9.86. The minimum atomic E-state index is 0.137. The quantitative estimate of drug-likeness (QED) is 0.265. The number of hydrogen-bond acceptors (Lipinski definition) is 2. The highest BCUT2D eigenvalue weighted by molar-refractivity contribution is 5.92. The number of para-hydroxylation sites is 1. The fourth-order valence-electron chi connectivity index (χ4n) is 0.793. The van der Waals surface area contributed by atoms with E-state index < -0.39 is 0 Å². The zero-order valence-electron chi connectivity index (χ0n) is 6.90. The highest BCUT2D eigenvalue weighted by Crippen LogP contribution is 2.03. The van der Waals surface area contributed by atoms with Crippen LogP contribution >= 0.6 is 0 Å². The van der Waals surface area contributed by atoms with Gasteiger partial charge in [-0.15, -0.1) is 5.10 Å². The van der Waals surface area contributed by atoms with Gasteiger partial charge in [0.1, 0.15) is 0 Å². The number of nitrogens with zero attached hydrogens (tertiary/aromatic N) is 1. The summed E-state index contributed by atoms with van der Waals surface area (Å²) in [5.74, 6) is 0.137. The van der Waals surface area contributed by atoms with Crippen molar-refractivity contribution in [1.82, 2.24) is 5.43 Å². The Bertz CT molecular complexity index is 296. The lowest BCUT2D eigenvalue weighted by atomic mass is 10.3. The van der Waals surface area contributed by atoms with E-state index in [2.05, 4.69) is 15.8 Å². The smallest absolute Gasteiger partial charge is 0.227 e. The third kappa shape index (κ3) is 3.24. The molecule has 0 aliphatic carbocycles. The molecule has 0 heterocycles. The van der Waals surface area contributed by atoms with E-state index in [-0.39, 0.29) is 5.96 Å². The zero-order valence-corrected chi connectivity index (χ0v) is 6.90. The first-order valence-electron chi connectivity index (χ1n) is 3.67. The molecule has 0 spiro atoms. The minimum absolute atomic E-state index is 0.137. The minimum Gasteiger partial charge on any atom is -0.368 e. The van der Waals surface area contributed by atoms with Gasteiger partial charge in [0.05, 0.1) is 0 Å². The van der Waals surface area contributed by atoms with Crippen molar-refractivity contribution in [3.05, 3.63) is 30.3 Å². The highest BCUT2D eigenvalue weighted by Gasteiger charge is 1.91. The first-order valence-corrected chi connectivity index (χ1v) is 3.67. The van der Waals surface area contributed by atoms with Gasteiger partial charge in [-0.2, -0.15) is 0 Å². The number of nitrogens with two attached hydrogens (primary N) is 1. The summed E-state index contributed by atoms with van der Waals surface area (Å²) in [6.07, 6.45) is 0.444. The molecule has 13 heavy (non-hydrogen) atoms. The standard InChI is InChI=1S/C8H10N4O/c9-8(12-10-6-13)11-7-4-2-1-3-5-7/h1-6H,(H,10,13)(H3,9,11,12). The van der Waals surface area contributed by atoms with E-state index in [0.29, 0.717) is 6.41 Å². The Hall–Kier alpha value is -2.04. The summed E-state index contributed by atoms with van der Waals surface area (Å²) in [6.45, 7) is 0. The number of carbonyl (C=O) groups excluding carboxylic acids is 1. The molecule has 68 valence electrons. The number of nitrogens with one attached hydrogen (secondary N) is 2. The van der Waals surface area contributed by atoms with E-state index in [0.717, 1.165) is 5.69 Å². The van der Waals surface area contributed by atoms with Gasteiger partial charge in [-0.3, -0.25) is 4.79 Å². The van der Waals surface area contributed by atoms with E-state index in [1.165, 1.54) is 0 Å². The average Bonchev–Trinajstić information content (AvgIpc) is 2.16. The Labute approximate surface area is 75.6 Å². The van der Waals surface area contributed by atoms with Crippen molar-refractivity contribution >= 4 is 18.1 Å². The first kappa shape index (κ1) is 9.05. The van der Waals surface area contributed by atoms with Gasteiger partial charge in [0.25, 0.3) is 0 Å². The van der Waals surface area contributed by atoms with Crippen LogP contribution in [0.2, 0.25) is 0 Å². The van der Waals surface area contributed by atoms with E-state index in [1.54, 1.807) is 0 Å². The number of amides is 1. The third-order valence-corrected chi connectivity index (χ3v) is 1.28. The van der Waals surface area contributed by atoms with Crippen LogP contribution in [-0.4, -0.2) is 12.4 Å². The van der Waals surface area contributed by atoms with Gasteiger partial charge in [0.2, 0.25) is 12.4 Å². The van der Waals surface area contributed by atoms with E-state index in [1.807, 2.05) is 30.3 Å². The predicted molar refractivity (Wildman–Crippen MR) is 50.9 cm³/mol. The van der Waals surface area contributed by atoms with Crippen molar-refractivity contribution in [3.63, 3.8) is 0 Å². The Balaban J connectivity index is 2.54. The van der Waals surface area contributed by atoms with E-state index >= 15 is 0 Å². The second-order valence-electron chi connectivity index (χ2n) is 2.24. The summed E-state index contributed by atoms with van der Waals surface area (Å²) in [4.78, 5) is 9.86. The van der Waals surface area contributed by atoms with Crippen LogP contribution in [0.25, 0.3) is 0 Å². The molecule has 0 radical (unpaired) electrons. The number of anilines is 1. The molecule has 0 aliphatic rings. The molecule has 4 N–H and O–H groups in total. The van der Waals surface area contributed by atoms with Crippen LogP contribution in [-0.2, 0) is 4.79 Å². The molecule has 0 saturated carbocycles. The molecule has 0 saturated heterocycles. The maximum Gasteiger partial charge on any atom is 0.227 e. The third-order valence-electron chi connectivity index (χ3n) is 1.28.